The van der Waals surface area contributed by atoms with Gasteiger partial charge in [0.05, 0.1) is 16.9 Å². The molecule has 19 heavy (non-hydrogen) atoms. The van der Waals surface area contributed by atoms with Gasteiger partial charge >= 0.3 is 0 Å². The molecule has 0 unspecified atom stereocenters. The zero-order valence-electron chi connectivity index (χ0n) is 9.81. The van der Waals surface area contributed by atoms with Gasteiger partial charge in [0.25, 0.3) is 11.6 Å². The molecule has 0 bridgehead atoms. The molecule has 0 atom stereocenters. The summed E-state index contributed by atoms with van der Waals surface area (Å²) in [5.74, 6) is 4.65. The quantitative estimate of drug-likeness (QED) is 0.358. The van der Waals surface area contributed by atoms with Gasteiger partial charge in [0, 0.05) is 23.9 Å². The molecule has 0 aliphatic carbocycles. The standard InChI is InChI=1S/C11H11N5O3/c12-14-11(17)6-15-5-10(13-7-15)8-1-3-9(4-2-8)16(18)19/h1-5,7H,6,12H2,(H,14,17). The molecule has 0 fully saturated rings. The van der Waals surface area contributed by atoms with Crippen molar-refractivity contribution in [1.29, 1.82) is 0 Å². The number of hydrogen-bond donors (Lipinski definition) is 2. The SMILES string of the molecule is NNC(=O)Cn1cnc(-c2ccc([N+](=O)[O-])cc2)c1. The van der Waals surface area contributed by atoms with Crippen LogP contribution < -0.4 is 11.3 Å². The van der Waals surface area contributed by atoms with Crippen molar-refractivity contribution in [3.8, 4) is 11.3 Å². The van der Waals surface area contributed by atoms with E-state index in [0.717, 1.165) is 5.56 Å². The Morgan fingerprint density at radius 2 is 2.11 bits per heavy atom. The summed E-state index contributed by atoms with van der Waals surface area (Å²) in [7, 11) is 0. The van der Waals surface area contributed by atoms with Crippen molar-refractivity contribution in [3.63, 3.8) is 0 Å². The van der Waals surface area contributed by atoms with Crippen LogP contribution in [-0.2, 0) is 11.3 Å². The summed E-state index contributed by atoms with van der Waals surface area (Å²) in [4.78, 5) is 25.3. The van der Waals surface area contributed by atoms with E-state index >= 15 is 0 Å². The third-order valence-electron chi connectivity index (χ3n) is 2.49. The number of aromatic nitrogens is 2. The van der Waals surface area contributed by atoms with Crippen LogP contribution in [0.25, 0.3) is 11.3 Å². The van der Waals surface area contributed by atoms with Gasteiger partial charge < -0.3 is 4.57 Å². The number of nitro benzene ring substituents is 1. The zero-order valence-corrected chi connectivity index (χ0v) is 9.81. The largest absolute Gasteiger partial charge is 0.327 e. The Hall–Kier alpha value is -2.74. The third kappa shape index (κ3) is 2.93. The second kappa shape index (κ2) is 5.27. The van der Waals surface area contributed by atoms with Crippen LogP contribution in [0.4, 0.5) is 5.69 Å². The summed E-state index contributed by atoms with van der Waals surface area (Å²) in [5.41, 5.74) is 3.40. The molecule has 98 valence electrons. The minimum absolute atomic E-state index is 0.0192. The summed E-state index contributed by atoms with van der Waals surface area (Å²) < 4.78 is 1.57. The molecular formula is C11H11N5O3. The number of amides is 1. The highest BCUT2D eigenvalue weighted by Crippen LogP contribution is 2.20. The number of carbonyl (C=O) groups is 1. The van der Waals surface area contributed by atoms with Crippen molar-refractivity contribution in [3.05, 3.63) is 46.9 Å². The highest BCUT2D eigenvalue weighted by molar-refractivity contribution is 5.75. The molecule has 0 saturated heterocycles. The highest BCUT2D eigenvalue weighted by Gasteiger charge is 2.08. The van der Waals surface area contributed by atoms with E-state index in [2.05, 4.69) is 4.98 Å². The van der Waals surface area contributed by atoms with E-state index in [9.17, 15) is 14.9 Å². The van der Waals surface area contributed by atoms with Gasteiger partial charge in [-0.1, -0.05) is 0 Å². The average molecular weight is 261 g/mol. The topological polar surface area (TPSA) is 116 Å². The number of nitro groups is 1. The number of nitrogens with two attached hydrogens (primary N) is 1. The first-order valence-corrected chi connectivity index (χ1v) is 5.36. The number of imidazole rings is 1. The van der Waals surface area contributed by atoms with Crippen molar-refractivity contribution in [2.24, 2.45) is 5.84 Å². The maximum atomic E-state index is 11.1. The van der Waals surface area contributed by atoms with Gasteiger partial charge in [-0.3, -0.25) is 20.3 Å². The smallest absolute Gasteiger partial charge is 0.269 e. The van der Waals surface area contributed by atoms with Gasteiger partial charge in [-0.2, -0.15) is 0 Å². The Balaban J connectivity index is 2.18. The lowest BCUT2D eigenvalue weighted by Gasteiger charge is -1.99. The Kier molecular flexibility index (Phi) is 3.53. The van der Waals surface area contributed by atoms with Crippen molar-refractivity contribution < 1.29 is 9.72 Å². The van der Waals surface area contributed by atoms with Crippen LogP contribution >= 0.6 is 0 Å². The summed E-state index contributed by atoms with van der Waals surface area (Å²) in [5, 5.41) is 10.5. The number of rotatable bonds is 4. The minimum Gasteiger partial charge on any atom is -0.327 e. The second-order valence-corrected chi connectivity index (χ2v) is 3.80. The van der Waals surface area contributed by atoms with Crippen LogP contribution in [0.15, 0.2) is 36.8 Å². The lowest BCUT2D eigenvalue weighted by Crippen LogP contribution is -2.32. The summed E-state index contributed by atoms with van der Waals surface area (Å²) >= 11 is 0. The molecule has 2 aromatic rings. The van der Waals surface area contributed by atoms with Crippen LogP contribution in [0, 0.1) is 10.1 Å². The monoisotopic (exact) mass is 261 g/mol. The van der Waals surface area contributed by atoms with Crippen LogP contribution in [-0.4, -0.2) is 20.4 Å². The predicted octanol–water partition coefficient (Wildman–Crippen LogP) is 0.448. The number of nitrogens with one attached hydrogen (secondary N) is 1. The molecule has 1 aromatic carbocycles. The highest BCUT2D eigenvalue weighted by atomic mass is 16.6. The Labute approximate surface area is 108 Å². The third-order valence-corrected chi connectivity index (χ3v) is 2.49. The van der Waals surface area contributed by atoms with E-state index in [1.807, 2.05) is 5.43 Å². The molecule has 0 radical (unpaired) electrons. The first-order chi connectivity index (χ1) is 9.10. The zero-order chi connectivity index (χ0) is 13.8. The Morgan fingerprint density at radius 3 is 2.68 bits per heavy atom. The number of benzene rings is 1. The van der Waals surface area contributed by atoms with E-state index < -0.39 is 4.92 Å². The fraction of sp³-hybridized carbons (Fsp3) is 0.0909. The molecule has 8 nitrogen and oxygen atoms in total. The van der Waals surface area contributed by atoms with Gasteiger partial charge in [0.2, 0.25) is 0 Å². The fourth-order valence-corrected chi connectivity index (χ4v) is 1.56. The van der Waals surface area contributed by atoms with E-state index in [0.29, 0.717) is 5.69 Å². The molecule has 0 spiro atoms. The van der Waals surface area contributed by atoms with E-state index in [4.69, 9.17) is 5.84 Å². The lowest BCUT2D eigenvalue weighted by atomic mass is 10.1. The van der Waals surface area contributed by atoms with Gasteiger partial charge in [0.15, 0.2) is 0 Å². The molecular weight excluding hydrogens is 250 g/mol. The number of carbonyl (C=O) groups excluding carboxylic acids is 1. The summed E-state index contributed by atoms with van der Waals surface area (Å²) in [6.07, 6.45) is 3.16. The fourth-order valence-electron chi connectivity index (χ4n) is 1.56. The first kappa shape index (κ1) is 12.7. The molecule has 0 saturated carbocycles. The van der Waals surface area contributed by atoms with Gasteiger partial charge in [-0.25, -0.2) is 10.8 Å². The maximum absolute atomic E-state index is 11.1. The van der Waals surface area contributed by atoms with Crippen LogP contribution in [0.1, 0.15) is 0 Å². The number of hydrogen-bond acceptors (Lipinski definition) is 5. The molecule has 0 aliphatic rings. The maximum Gasteiger partial charge on any atom is 0.269 e. The molecule has 0 aliphatic heterocycles. The second-order valence-electron chi connectivity index (χ2n) is 3.80. The normalized spacial score (nSPS) is 10.2. The van der Waals surface area contributed by atoms with Crippen LogP contribution in [0.2, 0.25) is 0 Å². The molecule has 1 amide bonds. The Morgan fingerprint density at radius 1 is 1.42 bits per heavy atom. The lowest BCUT2D eigenvalue weighted by molar-refractivity contribution is -0.384. The summed E-state index contributed by atoms with van der Waals surface area (Å²) in [6.45, 7) is 0.0660. The summed E-state index contributed by atoms with van der Waals surface area (Å²) in [6, 6.07) is 6.02. The van der Waals surface area contributed by atoms with Gasteiger partial charge in [-0.05, 0) is 12.1 Å². The van der Waals surface area contributed by atoms with Crippen LogP contribution in [0.5, 0.6) is 0 Å². The molecule has 1 heterocycles. The minimum atomic E-state index is -0.464. The van der Waals surface area contributed by atoms with Crippen molar-refractivity contribution in [2.45, 2.75) is 6.54 Å². The average Bonchev–Trinajstić information content (AvgIpc) is 2.87. The predicted molar refractivity (Wildman–Crippen MR) is 66.6 cm³/mol. The molecule has 2 rings (SSSR count). The van der Waals surface area contributed by atoms with E-state index in [1.165, 1.54) is 18.5 Å². The molecule has 1 aromatic heterocycles. The van der Waals surface area contributed by atoms with Crippen LogP contribution in [0.3, 0.4) is 0 Å². The van der Waals surface area contributed by atoms with E-state index in [1.54, 1.807) is 22.9 Å². The van der Waals surface area contributed by atoms with Gasteiger partial charge in [0.1, 0.15) is 6.54 Å². The van der Waals surface area contributed by atoms with Crippen molar-refractivity contribution >= 4 is 11.6 Å². The molecule has 8 heteroatoms. The molecule has 3 N–H and O–H groups in total. The number of nitrogens with zero attached hydrogens (tertiary/aromatic N) is 3. The van der Waals surface area contributed by atoms with Gasteiger partial charge in [-0.15, -0.1) is 0 Å². The number of non-ortho nitro benzene ring substituents is 1. The van der Waals surface area contributed by atoms with Crippen molar-refractivity contribution in [1.82, 2.24) is 15.0 Å². The van der Waals surface area contributed by atoms with E-state index in [-0.39, 0.29) is 18.1 Å². The Bertz CT molecular complexity index is 605. The van der Waals surface area contributed by atoms with Crippen molar-refractivity contribution in [2.75, 3.05) is 0 Å². The first-order valence-electron chi connectivity index (χ1n) is 5.36. The number of hydrazine groups is 1.